The van der Waals surface area contributed by atoms with Crippen molar-refractivity contribution in [1.29, 1.82) is 0 Å². The number of aryl methyl sites for hydroxylation is 2. The average Bonchev–Trinajstić information content (AvgIpc) is 3.91. The first-order valence-corrected chi connectivity index (χ1v) is 25.8. The molecule has 9 rings (SSSR count). The Morgan fingerprint density at radius 3 is 1.46 bits per heavy atom. The standard InChI is InChI=1S/2C20H21.C12H9Si.Zr/c2*1-4-14(2)17-12-16-9-7-11-19(20(16)13-17)18-10-6-5-8-15(18)3;1-3-7-11-9(5-1)10-6-2-4-8-12(10)13-11;/h2*5-14H,4H2,1-3H3;1-7H,13H2;. The Labute approximate surface area is 333 Å². The maximum atomic E-state index is 2.69. The predicted molar refractivity (Wildman–Crippen MR) is 233 cm³/mol. The Hall–Kier alpha value is -4.10. The van der Waals surface area contributed by atoms with Gasteiger partial charge in [0.15, 0.2) is 0 Å². The second kappa shape index (κ2) is 14.5. The Bertz CT molecular complexity index is 2360. The molecule has 1 aliphatic heterocycles. The van der Waals surface area contributed by atoms with E-state index in [0.717, 1.165) is 12.8 Å². The summed E-state index contributed by atoms with van der Waals surface area (Å²) in [5, 5.41) is 3.38. The molecule has 2 aliphatic carbocycles. The van der Waals surface area contributed by atoms with Crippen molar-refractivity contribution in [2.75, 3.05) is 0 Å². The molecule has 6 aromatic rings. The SMILES string of the molecule is CCC(C)C1=Cc2c(-c3ccccc3C)cccc2[CH]1[Zr]([c]1cccc2c1[SiH2]c1ccccc1-2)[CH]1C(C(C)CC)=Cc2c(-c3ccccc3C)cccc21. The van der Waals surface area contributed by atoms with E-state index < -0.39 is 31.3 Å². The van der Waals surface area contributed by atoms with Crippen molar-refractivity contribution < 1.29 is 21.8 Å². The van der Waals surface area contributed by atoms with Crippen LogP contribution in [-0.2, 0) is 21.8 Å². The van der Waals surface area contributed by atoms with E-state index in [1.54, 1.807) is 35.9 Å². The van der Waals surface area contributed by atoms with E-state index in [2.05, 4.69) is 181 Å². The summed E-state index contributed by atoms with van der Waals surface area (Å²) in [6.45, 7) is 14.4. The fourth-order valence-electron chi connectivity index (χ4n) is 10.00. The molecule has 4 unspecified atom stereocenters. The Morgan fingerprint density at radius 2 is 0.944 bits per heavy atom. The van der Waals surface area contributed by atoms with Crippen LogP contribution in [0.25, 0.3) is 45.5 Å². The molecule has 0 saturated heterocycles. The number of hydrogen-bond donors (Lipinski definition) is 0. The molecule has 0 spiro atoms. The Kier molecular flexibility index (Phi) is 9.57. The van der Waals surface area contributed by atoms with Crippen LogP contribution in [0.1, 0.15) is 81.2 Å². The van der Waals surface area contributed by atoms with Crippen molar-refractivity contribution in [3.05, 3.63) is 172 Å². The summed E-state index contributed by atoms with van der Waals surface area (Å²) in [5.41, 5.74) is 20.9. The first-order valence-electron chi connectivity index (χ1n) is 20.3. The monoisotopic (exact) mass is 793 g/mol. The minimum absolute atomic E-state index is 0.469. The van der Waals surface area contributed by atoms with Crippen LogP contribution in [0.5, 0.6) is 0 Å². The molecule has 0 saturated carbocycles. The Balaban J connectivity index is 1.34. The topological polar surface area (TPSA) is 0 Å². The normalized spacial score (nSPS) is 18.0. The number of allylic oxidation sites excluding steroid dienone is 2. The molecule has 3 aliphatic rings. The van der Waals surface area contributed by atoms with E-state index in [1.165, 1.54) is 55.6 Å². The van der Waals surface area contributed by atoms with Gasteiger partial charge in [0, 0.05) is 0 Å². The van der Waals surface area contributed by atoms with E-state index >= 15 is 0 Å². The quantitative estimate of drug-likeness (QED) is 0.128. The van der Waals surface area contributed by atoms with Crippen LogP contribution in [0.15, 0.2) is 139 Å². The van der Waals surface area contributed by atoms with Crippen LogP contribution in [0, 0.1) is 25.7 Å². The van der Waals surface area contributed by atoms with Crippen molar-refractivity contribution in [2.45, 2.75) is 61.6 Å². The van der Waals surface area contributed by atoms with Gasteiger partial charge in [-0.2, -0.15) is 0 Å². The van der Waals surface area contributed by atoms with Crippen molar-refractivity contribution >= 4 is 35.3 Å². The first-order chi connectivity index (χ1) is 26.4. The van der Waals surface area contributed by atoms with E-state index in [0.29, 0.717) is 19.1 Å². The maximum absolute atomic E-state index is 2.88. The van der Waals surface area contributed by atoms with Crippen molar-refractivity contribution in [1.82, 2.24) is 0 Å². The first kappa shape index (κ1) is 35.6. The van der Waals surface area contributed by atoms with Crippen molar-refractivity contribution in [2.24, 2.45) is 11.8 Å². The van der Waals surface area contributed by atoms with Gasteiger partial charge in [0.05, 0.1) is 0 Å². The van der Waals surface area contributed by atoms with Crippen LogP contribution in [0.2, 0.25) is 0 Å². The summed E-state index contributed by atoms with van der Waals surface area (Å²) in [5.74, 6) is 1.04. The van der Waals surface area contributed by atoms with Crippen LogP contribution >= 0.6 is 0 Å². The summed E-state index contributed by atoms with van der Waals surface area (Å²) in [4.78, 5) is 0. The second-order valence-corrected chi connectivity index (χ2v) is 24.4. The zero-order chi connectivity index (χ0) is 37.1. The molecule has 6 aromatic carbocycles. The predicted octanol–water partition coefficient (Wildman–Crippen LogP) is 11.3. The summed E-state index contributed by atoms with van der Waals surface area (Å²) in [6, 6.07) is 49.5. The van der Waals surface area contributed by atoms with Gasteiger partial charge in [-0.1, -0.05) is 0 Å². The van der Waals surface area contributed by atoms with Crippen molar-refractivity contribution in [3.63, 3.8) is 0 Å². The van der Waals surface area contributed by atoms with Gasteiger partial charge in [-0.3, -0.25) is 0 Å². The van der Waals surface area contributed by atoms with Gasteiger partial charge in [-0.05, 0) is 0 Å². The van der Waals surface area contributed by atoms with Crippen LogP contribution in [0.4, 0.5) is 0 Å². The molecule has 267 valence electrons. The molecule has 54 heavy (non-hydrogen) atoms. The number of hydrogen-bond acceptors (Lipinski definition) is 0. The summed E-state index contributed by atoms with van der Waals surface area (Å²) in [7, 11) is -0.619. The summed E-state index contributed by atoms with van der Waals surface area (Å²) < 4.78 is 2.73. The third-order valence-electron chi connectivity index (χ3n) is 13.2. The number of fused-ring (bicyclic) bond motifs is 5. The minimum atomic E-state index is -2.88. The zero-order valence-electron chi connectivity index (χ0n) is 32.7. The summed E-state index contributed by atoms with van der Waals surface area (Å²) in [6.07, 6.45) is 7.70. The van der Waals surface area contributed by atoms with E-state index in [1.807, 2.05) is 0 Å². The third-order valence-corrected chi connectivity index (χ3v) is 25.1. The molecule has 0 nitrogen and oxygen atoms in total. The fraction of sp³-hybridized carbons (Fsp3) is 0.231. The molecule has 2 heteroatoms. The number of rotatable bonds is 9. The van der Waals surface area contributed by atoms with Gasteiger partial charge < -0.3 is 0 Å². The van der Waals surface area contributed by atoms with Gasteiger partial charge in [0.2, 0.25) is 0 Å². The van der Waals surface area contributed by atoms with Gasteiger partial charge in [-0.25, -0.2) is 0 Å². The molecule has 0 amide bonds. The van der Waals surface area contributed by atoms with Gasteiger partial charge in [0.1, 0.15) is 0 Å². The molecule has 0 fully saturated rings. The molecule has 0 bridgehead atoms. The molecule has 0 aromatic heterocycles. The van der Waals surface area contributed by atoms with Gasteiger partial charge in [-0.15, -0.1) is 0 Å². The van der Waals surface area contributed by atoms with Crippen molar-refractivity contribution in [3.8, 4) is 33.4 Å². The average molecular weight is 795 g/mol. The second-order valence-electron chi connectivity index (χ2n) is 16.1. The Morgan fingerprint density at radius 1 is 0.500 bits per heavy atom. The molecule has 1 heterocycles. The zero-order valence-corrected chi connectivity index (χ0v) is 36.6. The molecular weight excluding hydrogens is 744 g/mol. The fourth-order valence-corrected chi connectivity index (χ4v) is 24.5. The van der Waals surface area contributed by atoms with Gasteiger partial charge in [0.25, 0.3) is 0 Å². The van der Waals surface area contributed by atoms with E-state index in [-0.39, 0.29) is 0 Å². The van der Waals surface area contributed by atoms with Crippen LogP contribution in [-0.4, -0.2) is 9.52 Å². The molecule has 0 N–H and O–H groups in total. The molecule has 4 atom stereocenters. The molecule has 0 radical (unpaired) electrons. The van der Waals surface area contributed by atoms with Crippen LogP contribution in [0.3, 0.4) is 0 Å². The van der Waals surface area contributed by atoms with Crippen LogP contribution < -0.4 is 13.6 Å². The van der Waals surface area contributed by atoms with E-state index in [9.17, 15) is 0 Å². The molecular formula is C52H51SiZr. The van der Waals surface area contributed by atoms with E-state index in [4.69, 9.17) is 0 Å². The van der Waals surface area contributed by atoms with Gasteiger partial charge >= 0.3 is 336 Å². The number of benzene rings is 6. The third kappa shape index (κ3) is 5.79. The summed E-state index contributed by atoms with van der Waals surface area (Å²) >= 11 is -2.88.